The number of hydrogen-bond donors (Lipinski definition) is 2. The van der Waals surface area contributed by atoms with Crippen molar-refractivity contribution in [3.8, 4) is 0 Å². The zero-order valence-corrected chi connectivity index (χ0v) is 16.2. The van der Waals surface area contributed by atoms with Crippen LogP contribution in [0.2, 0.25) is 0 Å². The molecule has 3 fully saturated rings. The van der Waals surface area contributed by atoms with E-state index in [4.69, 9.17) is 19.7 Å². The molecule has 148 valence electrons. The Balaban J connectivity index is 0.000000323. The number of ketones is 1. The van der Waals surface area contributed by atoms with Gasteiger partial charge in [0, 0.05) is 23.3 Å². The molecule has 2 aliphatic heterocycles. The molecule has 2 heterocycles. The third-order valence-electron chi connectivity index (χ3n) is 6.98. The van der Waals surface area contributed by atoms with Crippen LogP contribution in [0.3, 0.4) is 0 Å². The molecule has 6 heteroatoms. The summed E-state index contributed by atoms with van der Waals surface area (Å²) in [5.41, 5.74) is -0.0597. The molecule has 0 aromatic rings. The lowest BCUT2D eigenvalue weighted by Gasteiger charge is -2.59. The van der Waals surface area contributed by atoms with E-state index in [0.717, 1.165) is 30.9 Å². The molecule has 0 amide bonds. The molecule has 27 heavy (non-hydrogen) atoms. The van der Waals surface area contributed by atoms with E-state index in [2.05, 4.69) is 24.1 Å². The van der Waals surface area contributed by atoms with Gasteiger partial charge in [0.15, 0.2) is 17.6 Å². The van der Waals surface area contributed by atoms with Crippen molar-refractivity contribution in [1.82, 2.24) is 4.90 Å². The predicted molar refractivity (Wildman–Crippen MR) is 99.5 cm³/mol. The van der Waals surface area contributed by atoms with Gasteiger partial charge in [-0.1, -0.05) is 12.2 Å². The third-order valence-corrected chi connectivity index (χ3v) is 6.98. The summed E-state index contributed by atoms with van der Waals surface area (Å²) in [6.45, 7) is 2.44. The average molecular weight is 375 g/mol. The highest BCUT2D eigenvalue weighted by Gasteiger charge is 2.69. The average Bonchev–Trinajstić information content (AvgIpc) is 3.02. The number of piperidine rings is 1. The van der Waals surface area contributed by atoms with Crippen LogP contribution in [0.5, 0.6) is 0 Å². The number of methoxy groups -OCH3 is 1. The molecule has 1 spiro atoms. The van der Waals surface area contributed by atoms with Gasteiger partial charge < -0.3 is 24.6 Å². The normalized spacial score (nSPS) is 42.1. The minimum absolute atomic E-state index is 0.0597. The summed E-state index contributed by atoms with van der Waals surface area (Å²) in [7, 11) is 3.91. The Morgan fingerprint density at radius 2 is 2.15 bits per heavy atom. The molecular formula is C21H29NO5. The third kappa shape index (κ3) is 2.61. The van der Waals surface area contributed by atoms with Gasteiger partial charge in [-0.25, -0.2) is 0 Å². The molecule has 0 radical (unpaired) electrons. The quantitative estimate of drug-likeness (QED) is 0.756. The Bertz CT molecular complexity index is 711. The van der Waals surface area contributed by atoms with Crippen molar-refractivity contribution in [3.63, 3.8) is 0 Å². The number of aliphatic hydroxyl groups excluding tert-OH is 2. The van der Waals surface area contributed by atoms with Gasteiger partial charge in [0.1, 0.15) is 5.76 Å². The van der Waals surface area contributed by atoms with E-state index in [1.165, 1.54) is 6.92 Å². The van der Waals surface area contributed by atoms with Crippen LogP contribution in [0.4, 0.5) is 0 Å². The highest BCUT2D eigenvalue weighted by Crippen LogP contribution is 2.66. The maximum atomic E-state index is 12.6. The van der Waals surface area contributed by atoms with E-state index >= 15 is 0 Å². The zero-order valence-electron chi connectivity index (χ0n) is 16.2. The zero-order chi connectivity index (χ0) is 19.3. The molecule has 0 aromatic heterocycles. The summed E-state index contributed by atoms with van der Waals surface area (Å²) in [6.07, 6.45) is 9.55. The predicted octanol–water partition coefficient (Wildman–Crippen LogP) is 1.25. The second kappa shape index (κ2) is 6.76. The lowest BCUT2D eigenvalue weighted by Crippen LogP contribution is -2.64. The number of allylic oxidation sites excluding steroid dienone is 3. The van der Waals surface area contributed by atoms with Crippen molar-refractivity contribution in [2.75, 3.05) is 27.3 Å². The van der Waals surface area contributed by atoms with E-state index in [-0.39, 0.29) is 23.9 Å². The molecule has 5 rings (SSSR count). The molecule has 3 aliphatic carbocycles. The van der Waals surface area contributed by atoms with E-state index in [9.17, 15) is 4.79 Å². The van der Waals surface area contributed by atoms with Gasteiger partial charge in [0.25, 0.3) is 0 Å². The van der Waals surface area contributed by atoms with Crippen LogP contribution in [0.15, 0.2) is 35.8 Å². The topological polar surface area (TPSA) is 79.2 Å². The minimum atomic E-state index is -0.560. The number of nitrogens with zero attached hydrogens (tertiary/aromatic N) is 1. The first-order valence-electron chi connectivity index (χ1n) is 9.78. The highest BCUT2D eigenvalue weighted by molar-refractivity contribution is 5.96. The van der Waals surface area contributed by atoms with Crippen LogP contribution in [0.25, 0.3) is 0 Å². The van der Waals surface area contributed by atoms with Crippen molar-refractivity contribution < 1.29 is 24.5 Å². The van der Waals surface area contributed by atoms with E-state index < -0.39 is 6.10 Å². The lowest BCUT2D eigenvalue weighted by molar-refractivity contribution is -0.140. The van der Waals surface area contributed by atoms with E-state index in [1.807, 2.05) is 6.08 Å². The van der Waals surface area contributed by atoms with Gasteiger partial charge >= 0.3 is 0 Å². The lowest BCUT2D eigenvalue weighted by atomic mass is 9.48. The van der Waals surface area contributed by atoms with Crippen LogP contribution >= 0.6 is 0 Å². The van der Waals surface area contributed by atoms with Gasteiger partial charge in [0.2, 0.25) is 0 Å². The van der Waals surface area contributed by atoms with Crippen LogP contribution < -0.4 is 0 Å². The maximum Gasteiger partial charge on any atom is 0.196 e. The largest absolute Gasteiger partial charge is 0.493 e. The molecule has 6 nitrogen and oxygen atoms in total. The van der Waals surface area contributed by atoms with Crippen LogP contribution in [0, 0.1) is 23.2 Å². The molecule has 2 saturated heterocycles. The maximum absolute atomic E-state index is 12.6. The fourth-order valence-electron chi connectivity index (χ4n) is 5.83. The van der Waals surface area contributed by atoms with Crippen LogP contribution in [-0.4, -0.2) is 66.5 Å². The number of hydrogen-bond acceptors (Lipinski definition) is 6. The molecule has 2 bridgehead atoms. The second-order valence-electron chi connectivity index (χ2n) is 8.40. The Kier molecular flexibility index (Phi) is 4.69. The molecular weight excluding hydrogens is 346 g/mol. The number of aliphatic hydroxyl groups is 2. The fourth-order valence-corrected chi connectivity index (χ4v) is 5.83. The van der Waals surface area contributed by atoms with Crippen molar-refractivity contribution in [3.05, 3.63) is 35.8 Å². The number of carbonyl (C=O) groups excluding carboxylic acids is 1. The molecule has 5 aliphatic rings. The first kappa shape index (κ1) is 18.7. The molecule has 0 aromatic carbocycles. The second-order valence-corrected chi connectivity index (χ2v) is 8.40. The Morgan fingerprint density at radius 3 is 2.81 bits per heavy atom. The monoisotopic (exact) mass is 375 g/mol. The number of carbonyl (C=O) groups is 1. The van der Waals surface area contributed by atoms with Crippen molar-refractivity contribution >= 4 is 5.78 Å². The SMILES string of the molecule is CC(O)CO.COC1=C2O[C@H]3C(=O)C=C[C@H]4[C@H]5CC(C=C1)C2[C@@]34CCN5C. The van der Waals surface area contributed by atoms with Crippen molar-refractivity contribution in [2.45, 2.75) is 38.0 Å². The molecule has 3 unspecified atom stereocenters. The smallest absolute Gasteiger partial charge is 0.196 e. The first-order valence-corrected chi connectivity index (χ1v) is 9.78. The van der Waals surface area contributed by atoms with Crippen LogP contribution in [-0.2, 0) is 14.3 Å². The van der Waals surface area contributed by atoms with E-state index in [1.54, 1.807) is 13.2 Å². The number of ether oxygens (including phenoxy) is 2. The summed E-state index contributed by atoms with van der Waals surface area (Å²) in [4.78, 5) is 15.0. The van der Waals surface area contributed by atoms with Crippen molar-refractivity contribution in [1.29, 1.82) is 0 Å². The Labute approximate surface area is 160 Å². The molecule has 1 saturated carbocycles. The summed E-state index contributed by atoms with van der Waals surface area (Å²) in [6, 6.07) is 0.513. The highest BCUT2D eigenvalue weighted by atomic mass is 16.5. The van der Waals surface area contributed by atoms with E-state index in [0.29, 0.717) is 23.8 Å². The van der Waals surface area contributed by atoms with Gasteiger partial charge in [0.05, 0.1) is 19.8 Å². The van der Waals surface area contributed by atoms with Gasteiger partial charge in [-0.3, -0.25) is 4.79 Å². The summed E-state index contributed by atoms with van der Waals surface area (Å²) < 4.78 is 11.8. The van der Waals surface area contributed by atoms with Gasteiger partial charge in [-0.15, -0.1) is 0 Å². The number of rotatable bonds is 2. The van der Waals surface area contributed by atoms with Gasteiger partial charge in [-0.2, -0.15) is 0 Å². The minimum Gasteiger partial charge on any atom is -0.493 e. The first-order chi connectivity index (χ1) is 12.9. The summed E-state index contributed by atoms with van der Waals surface area (Å²) in [5, 5.41) is 16.0. The molecule has 7 atom stereocenters. The van der Waals surface area contributed by atoms with Crippen molar-refractivity contribution in [2.24, 2.45) is 23.2 Å². The van der Waals surface area contributed by atoms with Gasteiger partial charge in [-0.05, 0) is 51.4 Å². The number of likely N-dealkylation sites (tertiary alicyclic amines) is 1. The summed E-state index contributed by atoms with van der Waals surface area (Å²) in [5.74, 6) is 3.07. The Morgan fingerprint density at radius 1 is 1.41 bits per heavy atom. The Hall–Kier alpha value is -1.63. The van der Waals surface area contributed by atoms with Crippen LogP contribution in [0.1, 0.15) is 19.8 Å². The summed E-state index contributed by atoms with van der Waals surface area (Å²) >= 11 is 0. The fraction of sp³-hybridized carbons (Fsp3) is 0.667. The molecule has 2 N–H and O–H groups in total. The standard InChI is InChI=1S/C18H21NO3.C3H8O2/c1-19-8-7-18-11-4-5-13(20)17(18)22-16-14(21-2)6-3-10(15(16)18)9-12(11)19;1-3(5)2-4/h3-6,10-12,15,17H,7-9H2,1-2H3;3-5H,2H2,1H3/t10?,11-,12+,15?,17-,18-;/m0./s1.